The predicted octanol–water partition coefficient (Wildman–Crippen LogP) is 13.3. The lowest BCUT2D eigenvalue weighted by Crippen LogP contribution is -2.12. The first-order chi connectivity index (χ1) is 19.8. The van der Waals surface area contributed by atoms with Crippen molar-refractivity contribution in [1.29, 1.82) is 0 Å². The second kappa shape index (κ2) is 34.7. The van der Waals surface area contributed by atoms with Crippen LogP contribution in [-0.4, -0.2) is 15.0 Å². The summed E-state index contributed by atoms with van der Waals surface area (Å²) in [7, 11) is 0. The van der Waals surface area contributed by atoms with E-state index in [1.807, 2.05) is 126 Å². The van der Waals surface area contributed by atoms with Crippen molar-refractivity contribution in [3.05, 3.63) is 90.3 Å². The van der Waals surface area contributed by atoms with Gasteiger partial charge in [-0.15, -0.1) is 0 Å². The van der Waals surface area contributed by atoms with Gasteiger partial charge in [0.15, 0.2) is 0 Å². The highest BCUT2D eigenvalue weighted by atomic mass is 14.7. The number of rotatable bonds is 0. The maximum atomic E-state index is 4.25. The molecule has 3 aromatic heterocycles. The molecule has 0 aliphatic rings. The minimum Gasteiger partial charge on any atom is -0.264 e. The summed E-state index contributed by atoms with van der Waals surface area (Å²) in [6.07, 6.45) is 9.27. The zero-order valence-corrected chi connectivity index (χ0v) is 32.3. The normalized spacial score (nSPS) is 9.07. The van der Waals surface area contributed by atoms with Gasteiger partial charge in [-0.05, 0) is 46.2 Å². The molecule has 42 heavy (non-hydrogen) atoms. The Bertz CT molecular complexity index is 706. The Labute approximate surface area is 266 Å². The fraction of sp³-hybridized carbons (Fsp3) is 0.615. The molecule has 0 saturated carbocycles. The maximum Gasteiger partial charge on any atom is 0.0457 e. The first-order valence-electron chi connectivity index (χ1n) is 16.5. The Hall–Kier alpha value is -2.55. The van der Waals surface area contributed by atoms with Gasteiger partial charge in [-0.3, -0.25) is 15.0 Å². The molecule has 0 fully saturated rings. The van der Waals surface area contributed by atoms with Gasteiger partial charge in [0.1, 0.15) is 0 Å². The lowest BCUT2D eigenvalue weighted by molar-refractivity contribution is 0.569. The second-order valence-corrected chi connectivity index (χ2v) is 10.4. The lowest BCUT2D eigenvalue weighted by Gasteiger charge is -2.17. The summed E-state index contributed by atoms with van der Waals surface area (Å²) in [6.45, 7) is 43.6. The van der Waals surface area contributed by atoms with Gasteiger partial charge in [0.05, 0.1) is 0 Å². The summed E-state index contributed by atoms with van der Waals surface area (Å²) in [4.78, 5) is 12.4. The Morgan fingerprint density at radius 2 is 0.714 bits per heavy atom. The average molecular weight is 586 g/mol. The highest BCUT2D eigenvalue weighted by Gasteiger charge is 2.14. The van der Waals surface area contributed by atoms with Crippen LogP contribution in [0.5, 0.6) is 0 Å². The van der Waals surface area contributed by atoms with Crippen LogP contribution in [0.4, 0.5) is 0 Å². The third-order valence-electron chi connectivity index (χ3n) is 4.49. The van der Waals surface area contributed by atoms with Gasteiger partial charge < -0.3 is 0 Å². The molecule has 3 heterocycles. The number of nitrogens with zero attached hydrogens (tertiary/aromatic N) is 3. The summed E-state index contributed by atoms with van der Waals surface area (Å²) >= 11 is 0. The van der Waals surface area contributed by atoms with Crippen molar-refractivity contribution in [3.63, 3.8) is 0 Å². The van der Waals surface area contributed by atoms with Crippen LogP contribution < -0.4 is 0 Å². The molecule has 0 atom stereocenters. The summed E-state index contributed by atoms with van der Waals surface area (Å²) in [5.74, 6) is 0. The van der Waals surface area contributed by atoms with Gasteiger partial charge in [-0.1, -0.05) is 164 Å². The Balaban J connectivity index is -0.0000000979. The van der Waals surface area contributed by atoms with Crippen molar-refractivity contribution >= 4 is 0 Å². The molecule has 0 bridgehead atoms. The summed E-state index contributed by atoms with van der Waals surface area (Å²) in [6, 6.07) is 14.2. The zero-order valence-electron chi connectivity index (χ0n) is 32.3. The van der Waals surface area contributed by atoms with Crippen LogP contribution >= 0.6 is 0 Å². The SMILES string of the molecule is CC.CC.CC.CC.CC.CC.CC(C)(C)c1ccccn1.CC(C)(C)c1cccnc1.CC(C)(C)c1cccnc1. The Kier molecular flexibility index (Phi) is 43.0. The van der Waals surface area contributed by atoms with Crippen LogP contribution in [0.3, 0.4) is 0 Å². The van der Waals surface area contributed by atoms with Crippen molar-refractivity contribution in [2.75, 3.05) is 0 Å². The van der Waals surface area contributed by atoms with E-state index in [-0.39, 0.29) is 16.2 Å². The minimum atomic E-state index is 0.182. The summed E-state index contributed by atoms with van der Waals surface area (Å²) < 4.78 is 0. The smallest absolute Gasteiger partial charge is 0.0457 e. The van der Waals surface area contributed by atoms with E-state index >= 15 is 0 Å². The van der Waals surface area contributed by atoms with Crippen LogP contribution in [-0.2, 0) is 16.2 Å². The van der Waals surface area contributed by atoms with Crippen molar-refractivity contribution in [3.8, 4) is 0 Å². The summed E-state index contributed by atoms with van der Waals surface area (Å²) in [5.41, 5.74) is 4.36. The van der Waals surface area contributed by atoms with E-state index in [9.17, 15) is 0 Å². The molecule has 0 amide bonds. The molecule has 3 aromatic rings. The number of pyridine rings is 3. The molecule has 0 saturated heterocycles. The predicted molar refractivity (Wildman–Crippen MR) is 197 cm³/mol. The van der Waals surface area contributed by atoms with E-state index < -0.39 is 0 Å². The Morgan fingerprint density at radius 1 is 0.381 bits per heavy atom. The molecule has 0 aromatic carbocycles. The van der Waals surface area contributed by atoms with Crippen molar-refractivity contribution in [1.82, 2.24) is 15.0 Å². The summed E-state index contributed by atoms with van der Waals surface area (Å²) in [5, 5.41) is 0. The first-order valence-corrected chi connectivity index (χ1v) is 16.5. The third-order valence-corrected chi connectivity index (χ3v) is 4.49. The molecule has 0 aliphatic heterocycles. The van der Waals surface area contributed by atoms with Crippen molar-refractivity contribution in [2.24, 2.45) is 0 Å². The van der Waals surface area contributed by atoms with Crippen LogP contribution in [0.2, 0.25) is 0 Å². The topological polar surface area (TPSA) is 38.7 Å². The maximum absolute atomic E-state index is 4.25. The molecular weight excluding hydrogens is 510 g/mol. The molecule has 3 nitrogen and oxygen atoms in total. The van der Waals surface area contributed by atoms with Crippen LogP contribution in [0.15, 0.2) is 73.4 Å². The van der Waals surface area contributed by atoms with E-state index in [2.05, 4.69) is 95.5 Å². The van der Waals surface area contributed by atoms with E-state index in [1.165, 1.54) is 11.1 Å². The van der Waals surface area contributed by atoms with E-state index in [4.69, 9.17) is 0 Å². The van der Waals surface area contributed by atoms with Crippen LogP contribution in [0.25, 0.3) is 0 Å². The van der Waals surface area contributed by atoms with Gasteiger partial charge >= 0.3 is 0 Å². The fourth-order valence-corrected chi connectivity index (χ4v) is 2.42. The van der Waals surface area contributed by atoms with Crippen LogP contribution in [0.1, 0.15) is 162 Å². The van der Waals surface area contributed by atoms with Crippen molar-refractivity contribution < 1.29 is 0 Å². The fourth-order valence-electron chi connectivity index (χ4n) is 2.42. The molecule has 3 rings (SSSR count). The minimum absolute atomic E-state index is 0.182. The van der Waals surface area contributed by atoms with E-state index in [1.54, 1.807) is 12.4 Å². The van der Waals surface area contributed by atoms with Gasteiger partial charge in [0.25, 0.3) is 0 Å². The highest BCUT2D eigenvalue weighted by Crippen LogP contribution is 2.21. The van der Waals surface area contributed by atoms with E-state index in [0.29, 0.717) is 0 Å². The number of hydrogen-bond acceptors (Lipinski definition) is 3. The Morgan fingerprint density at radius 3 is 0.857 bits per heavy atom. The second-order valence-electron chi connectivity index (χ2n) is 10.4. The molecule has 0 N–H and O–H groups in total. The highest BCUT2D eigenvalue weighted by molar-refractivity contribution is 5.18. The first kappa shape index (κ1) is 52.1. The average Bonchev–Trinajstić information content (AvgIpc) is 3.04. The van der Waals surface area contributed by atoms with Gasteiger partial charge in [-0.25, -0.2) is 0 Å². The monoisotopic (exact) mass is 586 g/mol. The van der Waals surface area contributed by atoms with Gasteiger partial charge in [-0.2, -0.15) is 0 Å². The number of aromatic nitrogens is 3. The van der Waals surface area contributed by atoms with Gasteiger partial charge in [0.2, 0.25) is 0 Å². The zero-order chi connectivity index (χ0) is 34.8. The largest absolute Gasteiger partial charge is 0.264 e. The quantitative estimate of drug-likeness (QED) is 0.263. The lowest BCUT2D eigenvalue weighted by atomic mass is 9.88. The standard InChI is InChI=1S/3C9H13N.6C2H6/c2*1-9(2,3)8-5-4-6-10-7-8;1-9(2,3)8-6-4-5-7-10-8;6*1-2/h3*4-7H,1-3H3;6*1-2H3. The third kappa shape index (κ3) is 32.0. The van der Waals surface area contributed by atoms with Crippen molar-refractivity contribution in [2.45, 2.75) is 162 Å². The van der Waals surface area contributed by atoms with Gasteiger partial charge in [0, 0.05) is 42.1 Å². The molecule has 0 radical (unpaired) electrons. The molecule has 0 unspecified atom stereocenters. The molecule has 3 heteroatoms. The number of hydrogen-bond donors (Lipinski definition) is 0. The molecule has 246 valence electrons. The van der Waals surface area contributed by atoms with Crippen LogP contribution in [0, 0.1) is 0 Å². The van der Waals surface area contributed by atoms with E-state index in [0.717, 1.165) is 5.69 Å². The molecule has 0 spiro atoms. The molecular formula is C39H75N3. The molecule has 0 aliphatic carbocycles.